The van der Waals surface area contributed by atoms with Crippen molar-refractivity contribution in [3.05, 3.63) is 124 Å². The quantitative estimate of drug-likeness (QED) is 0.223. The van der Waals surface area contributed by atoms with Crippen molar-refractivity contribution in [1.82, 2.24) is 5.32 Å². The Morgan fingerprint density at radius 2 is 1.51 bits per heavy atom. The molecule has 1 aliphatic rings. The molecule has 4 aromatic rings. The normalized spacial score (nSPS) is 16.8. The van der Waals surface area contributed by atoms with Crippen LogP contribution in [-0.2, 0) is 11.3 Å². The van der Waals surface area contributed by atoms with Gasteiger partial charge >= 0.3 is 6.36 Å². The number of nitrogens with zero attached hydrogens (tertiary/aromatic N) is 1. The molecule has 1 amide bonds. The maximum Gasteiger partial charge on any atom is 0.573 e. The van der Waals surface area contributed by atoms with E-state index in [4.69, 9.17) is 11.6 Å². The lowest BCUT2D eigenvalue weighted by Crippen LogP contribution is -2.32. The molecule has 2 unspecified atom stereocenters. The van der Waals surface area contributed by atoms with Crippen LogP contribution < -0.4 is 10.1 Å². The second-order valence-corrected chi connectivity index (χ2v) is 9.91. The van der Waals surface area contributed by atoms with Crippen LogP contribution in [0.15, 0.2) is 96.0 Å². The maximum absolute atomic E-state index is 14.6. The molecule has 0 saturated carbocycles. The average Bonchev–Trinajstić information content (AvgIpc) is 3.36. The van der Waals surface area contributed by atoms with Gasteiger partial charge in [-0.05, 0) is 58.7 Å². The lowest BCUT2D eigenvalue weighted by Gasteiger charge is -2.19. The second kappa shape index (κ2) is 11.7. The smallest absolute Gasteiger partial charge is 0.406 e. The van der Waals surface area contributed by atoms with E-state index in [1.54, 1.807) is 42.5 Å². The van der Waals surface area contributed by atoms with Crippen LogP contribution in [0.2, 0.25) is 5.02 Å². The molecule has 5 rings (SSSR count). The summed E-state index contributed by atoms with van der Waals surface area (Å²) in [6.07, 6.45) is -4.77. The lowest BCUT2D eigenvalue weighted by molar-refractivity contribution is -0.274. The van der Waals surface area contributed by atoms with Crippen LogP contribution in [0.25, 0.3) is 11.1 Å². The molecule has 0 aliphatic carbocycles. The number of carbonyl (C=O) groups is 1. The summed E-state index contributed by atoms with van der Waals surface area (Å²) in [6, 6.07) is 22.2. The summed E-state index contributed by atoms with van der Waals surface area (Å²) in [4.78, 5) is 18.0. The highest BCUT2D eigenvalue weighted by Gasteiger charge is 2.37. The predicted octanol–water partition coefficient (Wildman–Crippen LogP) is 8.05. The third-order valence-corrected chi connectivity index (χ3v) is 6.94. The van der Waals surface area contributed by atoms with Crippen LogP contribution in [-0.4, -0.2) is 18.0 Å². The predicted molar refractivity (Wildman–Crippen MR) is 146 cm³/mol. The number of ether oxygens (including phenoxy) is 1. The van der Waals surface area contributed by atoms with Gasteiger partial charge in [0.05, 0.1) is 17.5 Å². The zero-order valence-electron chi connectivity index (χ0n) is 21.3. The fourth-order valence-electron chi connectivity index (χ4n) is 4.80. The zero-order chi connectivity index (χ0) is 29.1. The first-order valence-electron chi connectivity index (χ1n) is 12.6. The van der Waals surface area contributed by atoms with E-state index < -0.39 is 30.0 Å². The Balaban J connectivity index is 1.40. The average molecular weight is 585 g/mol. The van der Waals surface area contributed by atoms with Crippen molar-refractivity contribution < 1.29 is 31.5 Å². The summed E-state index contributed by atoms with van der Waals surface area (Å²) in [5.74, 6) is -2.95. The third kappa shape index (κ3) is 6.74. The van der Waals surface area contributed by atoms with E-state index in [1.165, 1.54) is 30.3 Å². The Morgan fingerprint density at radius 3 is 2.12 bits per heavy atom. The molecule has 0 bridgehead atoms. The van der Waals surface area contributed by atoms with Crippen LogP contribution in [0.5, 0.6) is 5.75 Å². The molecule has 0 spiro atoms. The SMILES string of the molecule is O=C(NCc1cccc(Cl)c1)C1CC(c2c(F)cccc2F)=NC1c1ccc(-c2ccc(OC(F)(F)F)cc2)cc1. The van der Waals surface area contributed by atoms with E-state index in [1.807, 2.05) is 6.07 Å². The van der Waals surface area contributed by atoms with Gasteiger partial charge in [-0.2, -0.15) is 0 Å². The fraction of sp³-hybridized carbons (Fsp3) is 0.161. The van der Waals surface area contributed by atoms with Crippen LogP contribution in [0, 0.1) is 17.6 Å². The maximum atomic E-state index is 14.6. The molecule has 0 radical (unpaired) electrons. The number of rotatable bonds is 7. The van der Waals surface area contributed by atoms with Crippen molar-refractivity contribution in [1.29, 1.82) is 0 Å². The highest BCUT2D eigenvalue weighted by atomic mass is 35.5. The van der Waals surface area contributed by atoms with Gasteiger partial charge in [-0.25, -0.2) is 8.78 Å². The van der Waals surface area contributed by atoms with Crippen molar-refractivity contribution in [3.63, 3.8) is 0 Å². The summed E-state index contributed by atoms with van der Waals surface area (Å²) < 4.78 is 70.6. The number of hydrogen-bond donors (Lipinski definition) is 1. The molecular weight excluding hydrogens is 563 g/mol. The third-order valence-electron chi connectivity index (χ3n) is 6.71. The van der Waals surface area contributed by atoms with Gasteiger partial charge in [0.25, 0.3) is 0 Å². The van der Waals surface area contributed by atoms with Gasteiger partial charge in [0, 0.05) is 23.7 Å². The molecule has 0 fully saturated rings. The van der Waals surface area contributed by atoms with E-state index in [0.717, 1.165) is 17.7 Å². The number of halogens is 6. The Morgan fingerprint density at radius 1 is 0.902 bits per heavy atom. The van der Waals surface area contributed by atoms with Crippen molar-refractivity contribution >= 4 is 23.2 Å². The van der Waals surface area contributed by atoms with E-state index in [9.17, 15) is 26.7 Å². The lowest BCUT2D eigenvalue weighted by atomic mass is 9.89. The van der Waals surface area contributed by atoms with Crippen molar-refractivity contribution in [2.45, 2.75) is 25.4 Å². The summed E-state index contributed by atoms with van der Waals surface area (Å²) in [6.45, 7) is 0.207. The topological polar surface area (TPSA) is 50.7 Å². The van der Waals surface area contributed by atoms with E-state index in [-0.39, 0.29) is 35.9 Å². The molecule has 1 aliphatic heterocycles. The molecule has 1 N–H and O–H groups in total. The first-order valence-corrected chi connectivity index (χ1v) is 12.9. The van der Waals surface area contributed by atoms with E-state index >= 15 is 0 Å². The molecule has 4 nitrogen and oxygen atoms in total. The molecule has 41 heavy (non-hydrogen) atoms. The zero-order valence-corrected chi connectivity index (χ0v) is 22.0. The van der Waals surface area contributed by atoms with Crippen LogP contribution >= 0.6 is 11.6 Å². The van der Waals surface area contributed by atoms with E-state index in [2.05, 4.69) is 15.0 Å². The Hall–Kier alpha value is -4.24. The standard InChI is InChI=1S/C31H22ClF5N2O2/c32-22-4-1-3-18(15-22)17-38-30(40)24-16-27(28-25(33)5-2-6-26(28)34)39-29(24)21-9-7-19(8-10-21)20-11-13-23(14-12-20)41-31(35,36)37/h1-15,24,29H,16-17H2,(H,38,40). The number of aliphatic imine (C=N–C) groups is 1. The Bertz CT molecular complexity index is 1570. The fourth-order valence-corrected chi connectivity index (χ4v) is 5.02. The summed E-state index contributed by atoms with van der Waals surface area (Å²) >= 11 is 6.04. The highest BCUT2D eigenvalue weighted by molar-refractivity contribution is 6.30. The highest BCUT2D eigenvalue weighted by Crippen LogP contribution is 2.38. The minimum absolute atomic E-state index is 0.0202. The molecule has 0 saturated heterocycles. The minimum atomic E-state index is -4.79. The van der Waals surface area contributed by atoms with Crippen molar-refractivity contribution in [2.75, 3.05) is 0 Å². The first-order chi connectivity index (χ1) is 19.6. The van der Waals surface area contributed by atoms with Crippen LogP contribution in [0.3, 0.4) is 0 Å². The summed E-state index contributed by atoms with van der Waals surface area (Å²) in [5.41, 5.74) is 2.67. The molecule has 0 aromatic heterocycles. The Labute approximate surface area is 237 Å². The number of hydrogen-bond acceptors (Lipinski definition) is 3. The summed E-state index contributed by atoms with van der Waals surface area (Å²) in [5, 5.41) is 3.40. The number of nitrogens with one attached hydrogen (secondary N) is 1. The van der Waals surface area contributed by atoms with Crippen molar-refractivity contribution in [2.24, 2.45) is 10.9 Å². The molecule has 2 atom stereocenters. The van der Waals surface area contributed by atoms with Crippen LogP contribution in [0.1, 0.15) is 29.2 Å². The largest absolute Gasteiger partial charge is 0.573 e. The molecule has 4 aromatic carbocycles. The van der Waals surface area contributed by atoms with Gasteiger partial charge in [-0.1, -0.05) is 66.2 Å². The first kappa shape index (κ1) is 28.3. The monoisotopic (exact) mass is 584 g/mol. The van der Waals surface area contributed by atoms with Crippen LogP contribution in [0.4, 0.5) is 22.0 Å². The number of alkyl halides is 3. The number of benzene rings is 4. The number of amides is 1. The summed E-state index contributed by atoms with van der Waals surface area (Å²) in [7, 11) is 0. The van der Waals surface area contributed by atoms with E-state index in [0.29, 0.717) is 21.7 Å². The molecule has 10 heteroatoms. The second-order valence-electron chi connectivity index (χ2n) is 9.47. The molecular formula is C31H22ClF5N2O2. The van der Waals surface area contributed by atoms with Gasteiger partial charge in [0.2, 0.25) is 5.91 Å². The minimum Gasteiger partial charge on any atom is -0.406 e. The molecule has 1 heterocycles. The van der Waals surface area contributed by atoms with Crippen molar-refractivity contribution in [3.8, 4) is 16.9 Å². The number of carbonyl (C=O) groups excluding carboxylic acids is 1. The molecule has 210 valence electrons. The van der Waals surface area contributed by atoms with Gasteiger partial charge in [0.1, 0.15) is 17.4 Å². The van der Waals surface area contributed by atoms with Gasteiger partial charge in [-0.15, -0.1) is 13.2 Å². The van der Waals surface area contributed by atoms with Gasteiger partial charge in [0.15, 0.2) is 0 Å². The Kier molecular flexibility index (Phi) is 8.08. The van der Waals surface area contributed by atoms with Gasteiger partial charge < -0.3 is 10.1 Å². The van der Waals surface area contributed by atoms with Gasteiger partial charge in [-0.3, -0.25) is 9.79 Å².